The van der Waals surface area contributed by atoms with E-state index >= 15 is 0 Å². The zero-order chi connectivity index (χ0) is 14.4. The molecule has 0 amide bonds. The Morgan fingerprint density at radius 2 is 1.72 bits per heavy atom. The van der Waals surface area contributed by atoms with E-state index in [0.29, 0.717) is 17.6 Å². The molecular formula is C14H31NO2S. The Hall–Kier alpha value is -0.0900. The van der Waals surface area contributed by atoms with Crippen molar-refractivity contribution in [1.29, 1.82) is 0 Å². The molecular weight excluding hydrogens is 246 g/mol. The molecule has 0 saturated heterocycles. The second-order valence-corrected chi connectivity index (χ2v) is 8.83. The van der Waals surface area contributed by atoms with E-state index in [1.807, 2.05) is 0 Å². The molecule has 0 aliphatic heterocycles. The molecule has 0 heterocycles. The monoisotopic (exact) mass is 277 g/mol. The zero-order valence-electron chi connectivity index (χ0n) is 12.9. The van der Waals surface area contributed by atoms with E-state index in [0.717, 1.165) is 25.9 Å². The Morgan fingerprint density at radius 3 is 2.11 bits per heavy atom. The molecule has 0 aromatic heterocycles. The summed E-state index contributed by atoms with van der Waals surface area (Å²) in [6.07, 6.45) is 3.04. The molecule has 0 aromatic carbocycles. The van der Waals surface area contributed by atoms with Crippen molar-refractivity contribution in [2.75, 3.05) is 25.1 Å². The number of nitrogens with one attached hydrogen (secondary N) is 1. The van der Waals surface area contributed by atoms with Gasteiger partial charge in [0.2, 0.25) is 0 Å². The maximum Gasteiger partial charge on any atom is 0.147 e. The number of hydrogen-bond acceptors (Lipinski definition) is 3. The molecule has 3 nitrogen and oxygen atoms in total. The Labute approximate surface area is 114 Å². The molecule has 1 N–H and O–H groups in total. The van der Waals surface area contributed by atoms with Crippen LogP contribution in [0.2, 0.25) is 0 Å². The highest BCUT2D eigenvalue weighted by atomic mass is 32.2. The van der Waals surface area contributed by atoms with Crippen LogP contribution in [-0.2, 0) is 9.84 Å². The van der Waals surface area contributed by atoms with Crippen LogP contribution in [-0.4, -0.2) is 33.5 Å². The van der Waals surface area contributed by atoms with Crippen molar-refractivity contribution in [3.8, 4) is 0 Å². The van der Waals surface area contributed by atoms with Crippen molar-refractivity contribution in [3.63, 3.8) is 0 Å². The largest absolute Gasteiger partial charge is 0.316 e. The van der Waals surface area contributed by atoms with Gasteiger partial charge in [0.05, 0.1) is 0 Å². The lowest BCUT2D eigenvalue weighted by atomic mass is 9.75. The van der Waals surface area contributed by atoms with Gasteiger partial charge in [0, 0.05) is 18.6 Å². The van der Waals surface area contributed by atoms with Gasteiger partial charge in [0.15, 0.2) is 0 Å². The predicted octanol–water partition coefficient (Wildman–Crippen LogP) is 2.72. The normalized spacial score (nSPS) is 16.2. The highest BCUT2D eigenvalue weighted by Crippen LogP contribution is 2.31. The maximum atomic E-state index is 11.2. The molecule has 18 heavy (non-hydrogen) atoms. The minimum atomic E-state index is -2.83. The topological polar surface area (TPSA) is 46.2 Å². The molecule has 110 valence electrons. The lowest BCUT2D eigenvalue weighted by Crippen LogP contribution is -2.37. The first kappa shape index (κ1) is 17.9. The Balaban J connectivity index is 4.26. The van der Waals surface area contributed by atoms with Crippen LogP contribution in [0.4, 0.5) is 0 Å². The van der Waals surface area contributed by atoms with Crippen LogP contribution in [0.25, 0.3) is 0 Å². The van der Waals surface area contributed by atoms with Gasteiger partial charge >= 0.3 is 0 Å². The quantitative estimate of drug-likeness (QED) is 0.705. The summed E-state index contributed by atoms with van der Waals surface area (Å²) in [6.45, 7) is 13.1. The first-order valence-electron chi connectivity index (χ1n) is 6.95. The predicted molar refractivity (Wildman–Crippen MR) is 79.6 cm³/mol. The summed E-state index contributed by atoms with van der Waals surface area (Å²) < 4.78 is 22.3. The van der Waals surface area contributed by atoms with E-state index in [-0.39, 0.29) is 5.41 Å². The van der Waals surface area contributed by atoms with Crippen LogP contribution in [0.15, 0.2) is 0 Å². The summed E-state index contributed by atoms with van der Waals surface area (Å²) in [5.74, 6) is 1.51. The fourth-order valence-corrected chi connectivity index (χ4v) is 2.63. The Kier molecular flexibility index (Phi) is 7.45. The van der Waals surface area contributed by atoms with Crippen molar-refractivity contribution in [3.05, 3.63) is 0 Å². The standard InChI is InChI=1S/C14H31NO2S/c1-12(2)10-15-11-14(5,13(3)4)8-7-9-18(6,16)17/h12-13,15H,7-11H2,1-6H3. The van der Waals surface area contributed by atoms with Crippen LogP contribution in [0.1, 0.15) is 47.5 Å². The van der Waals surface area contributed by atoms with Gasteiger partial charge in [0.1, 0.15) is 9.84 Å². The molecule has 4 heteroatoms. The smallest absolute Gasteiger partial charge is 0.147 e. The molecule has 1 atom stereocenters. The van der Waals surface area contributed by atoms with E-state index in [2.05, 4.69) is 39.9 Å². The number of rotatable bonds is 9. The summed E-state index contributed by atoms with van der Waals surface area (Å²) >= 11 is 0. The van der Waals surface area contributed by atoms with Crippen molar-refractivity contribution in [2.45, 2.75) is 47.5 Å². The van der Waals surface area contributed by atoms with Crippen LogP contribution in [0.3, 0.4) is 0 Å². The molecule has 0 aliphatic rings. The SMILES string of the molecule is CC(C)CNCC(C)(CCCS(C)(=O)=O)C(C)C. The van der Waals surface area contributed by atoms with E-state index in [1.54, 1.807) is 0 Å². The van der Waals surface area contributed by atoms with E-state index < -0.39 is 9.84 Å². The zero-order valence-corrected chi connectivity index (χ0v) is 13.7. The van der Waals surface area contributed by atoms with E-state index in [9.17, 15) is 8.42 Å². The Morgan fingerprint density at radius 1 is 1.17 bits per heavy atom. The van der Waals surface area contributed by atoms with Crippen LogP contribution in [0.5, 0.6) is 0 Å². The summed E-state index contributed by atoms with van der Waals surface area (Å²) in [5, 5.41) is 3.50. The summed E-state index contributed by atoms with van der Waals surface area (Å²) in [7, 11) is -2.83. The van der Waals surface area contributed by atoms with Crippen LogP contribution >= 0.6 is 0 Å². The summed E-state index contributed by atoms with van der Waals surface area (Å²) in [6, 6.07) is 0. The first-order chi connectivity index (χ1) is 8.07. The summed E-state index contributed by atoms with van der Waals surface area (Å²) in [5.41, 5.74) is 0.180. The van der Waals surface area contributed by atoms with Crippen LogP contribution < -0.4 is 5.32 Å². The van der Waals surface area contributed by atoms with Crippen molar-refractivity contribution in [2.24, 2.45) is 17.3 Å². The van der Waals surface area contributed by atoms with Gasteiger partial charge < -0.3 is 5.32 Å². The van der Waals surface area contributed by atoms with Gasteiger partial charge in [-0.1, -0.05) is 34.6 Å². The summed E-state index contributed by atoms with van der Waals surface area (Å²) in [4.78, 5) is 0. The van der Waals surface area contributed by atoms with Gasteiger partial charge in [0.25, 0.3) is 0 Å². The van der Waals surface area contributed by atoms with Crippen molar-refractivity contribution >= 4 is 9.84 Å². The molecule has 0 radical (unpaired) electrons. The van der Waals surface area contributed by atoms with Gasteiger partial charge in [-0.25, -0.2) is 8.42 Å². The van der Waals surface area contributed by atoms with Gasteiger partial charge in [-0.3, -0.25) is 0 Å². The molecule has 0 aliphatic carbocycles. The van der Waals surface area contributed by atoms with Gasteiger partial charge in [-0.15, -0.1) is 0 Å². The van der Waals surface area contributed by atoms with Crippen molar-refractivity contribution < 1.29 is 8.42 Å². The second kappa shape index (κ2) is 7.49. The highest BCUT2D eigenvalue weighted by molar-refractivity contribution is 7.90. The van der Waals surface area contributed by atoms with E-state index in [4.69, 9.17) is 0 Å². The maximum absolute atomic E-state index is 11.2. The molecule has 0 fully saturated rings. The fraction of sp³-hybridized carbons (Fsp3) is 1.00. The molecule has 0 aromatic rings. The molecule has 0 saturated carbocycles. The molecule has 0 spiro atoms. The van der Waals surface area contributed by atoms with Crippen molar-refractivity contribution in [1.82, 2.24) is 5.32 Å². The van der Waals surface area contributed by atoms with Gasteiger partial charge in [-0.05, 0) is 36.6 Å². The lowest BCUT2D eigenvalue weighted by molar-refractivity contribution is 0.188. The van der Waals surface area contributed by atoms with E-state index in [1.165, 1.54) is 6.26 Å². The third-order valence-electron chi connectivity index (χ3n) is 3.74. The highest BCUT2D eigenvalue weighted by Gasteiger charge is 2.27. The first-order valence-corrected chi connectivity index (χ1v) is 9.01. The minimum absolute atomic E-state index is 0.180. The third kappa shape index (κ3) is 8.09. The average Bonchev–Trinajstić information content (AvgIpc) is 2.14. The van der Waals surface area contributed by atoms with Gasteiger partial charge in [-0.2, -0.15) is 0 Å². The average molecular weight is 277 g/mol. The molecule has 0 bridgehead atoms. The number of hydrogen-bond donors (Lipinski definition) is 1. The number of sulfone groups is 1. The lowest BCUT2D eigenvalue weighted by Gasteiger charge is -2.34. The molecule has 0 rings (SSSR count). The Bertz CT molecular complexity index is 323. The third-order valence-corrected chi connectivity index (χ3v) is 4.77. The minimum Gasteiger partial charge on any atom is -0.316 e. The fourth-order valence-electron chi connectivity index (χ4n) is 1.97. The van der Waals surface area contributed by atoms with Crippen LogP contribution in [0, 0.1) is 17.3 Å². The molecule has 1 unspecified atom stereocenters. The second-order valence-electron chi connectivity index (χ2n) is 6.57.